The van der Waals surface area contributed by atoms with Crippen LogP contribution in [0, 0.1) is 18.2 Å². The third-order valence-corrected chi connectivity index (χ3v) is 2.24. The summed E-state index contributed by atoms with van der Waals surface area (Å²) in [7, 11) is 5.00. The van der Waals surface area contributed by atoms with Crippen molar-refractivity contribution in [2.75, 3.05) is 21.2 Å². The van der Waals surface area contributed by atoms with Gasteiger partial charge in [0, 0.05) is 19.7 Å². The van der Waals surface area contributed by atoms with Crippen molar-refractivity contribution < 1.29 is 9.13 Å². The van der Waals surface area contributed by atoms with E-state index in [0.717, 1.165) is 5.56 Å². The maximum atomic E-state index is 13.2. The molecule has 0 radical (unpaired) electrons. The Morgan fingerprint density at radius 1 is 1.41 bits per heavy atom. The third-order valence-electron chi connectivity index (χ3n) is 2.24. The Hall–Kier alpha value is -1.91. The average molecular weight is 237 g/mol. The van der Waals surface area contributed by atoms with Crippen molar-refractivity contribution in [1.82, 2.24) is 4.90 Å². The topological polar surface area (TPSA) is 48.7 Å². The fourth-order valence-corrected chi connectivity index (χ4v) is 1.35. The summed E-state index contributed by atoms with van der Waals surface area (Å²) in [6.07, 6.45) is 0. The van der Waals surface area contributed by atoms with Crippen LogP contribution in [-0.2, 0) is 4.74 Å². The number of methoxy groups -OCH3 is 1. The van der Waals surface area contributed by atoms with Crippen LogP contribution < -0.4 is 0 Å². The van der Waals surface area contributed by atoms with Gasteiger partial charge in [-0.3, -0.25) is 0 Å². The zero-order chi connectivity index (χ0) is 13.0. The molecule has 0 aliphatic rings. The number of hydrogen-bond donors (Lipinski definition) is 1. The molecule has 0 fully saturated rings. The molecule has 0 aromatic heterocycles. The molecule has 0 atom stereocenters. The Morgan fingerprint density at radius 3 is 2.53 bits per heavy atom. The van der Waals surface area contributed by atoms with Crippen LogP contribution in [0.2, 0.25) is 0 Å². The van der Waals surface area contributed by atoms with Crippen molar-refractivity contribution in [1.29, 1.82) is 5.41 Å². The predicted molar refractivity (Wildman–Crippen MR) is 66.1 cm³/mol. The van der Waals surface area contributed by atoms with Crippen LogP contribution in [0.3, 0.4) is 0 Å². The maximum absolute atomic E-state index is 13.2. The van der Waals surface area contributed by atoms with E-state index >= 15 is 0 Å². The molecule has 17 heavy (non-hydrogen) atoms. The first-order chi connectivity index (χ1) is 7.95. The molecule has 92 valence electrons. The molecule has 0 amide bonds. The number of amidine groups is 2. The van der Waals surface area contributed by atoms with Crippen LogP contribution in [-0.4, -0.2) is 38.0 Å². The first-order valence-electron chi connectivity index (χ1n) is 5.10. The second-order valence-electron chi connectivity index (χ2n) is 3.80. The van der Waals surface area contributed by atoms with Gasteiger partial charge in [0.05, 0.1) is 7.11 Å². The van der Waals surface area contributed by atoms with E-state index in [1.165, 1.54) is 13.2 Å². The van der Waals surface area contributed by atoms with Crippen LogP contribution in [0.5, 0.6) is 0 Å². The molecule has 5 heteroatoms. The van der Waals surface area contributed by atoms with E-state index in [2.05, 4.69) is 4.99 Å². The number of hydrogen-bond acceptors (Lipinski definition) is 2. The van der Waals surface area contributed by atoms with Crippen molar-refractivity contribution in [2.24, 2.45) is 4.99 Å². The fourth-order valence-electron chi connectivity index (χ4n) is 1.35. The van der Waals surface area contributed by atoms with E-state index in [-0.39, 0.29) is 11.8 Å². The monoisotopic (exact) mass is 237 g/mol. The third kappa shape index (κ3) is 3.27. The highest BCUT2D eigenvalue weighted by Gasteiger charge is 2.09. The van der Waals surface area contributed by atoms with E-state index < -0.39 is 0 Å². The van der Waals surface area contributed by atoms with Crippen LogP contribution in [0.15, 0.2) is 23.2 Å². The van der Waals surface area contributed by atoms with Gasteiger partial charge in [0.1, 0.15) is 11.7 Å². The van der Waals surface area contributed by atoms with E-state index in [1.54, 1.807) is 38.1 Å². The van der Waals surface area contributed by atoms with Gasteiger partial charge in [-0.2, -0.15) is 4.99 Å². The molecule has 0 unspecified atom stereocenters. The number of aryl methyl sites for hydroxylation is 1. The van der Waals surface area contributed by atoms with E-state index in [0.29, 0.717) is 11.4 Å². The van der Waals surface area contributed by atoms with Crippen molar-refractivity contribution in [3.05, 3.63) is 35.1 Å². The van der Waals surface area contributed by atoms with Crippen molar-refractivity contribution in [2.45, 2.75) is 6.92 Å². The Balaban J connectivity index is 3.19. The van der Waals surface area contributed by atoms with Crippen LogP contribution in [0.1, 0.15) is 11.1 Å². The maximum Gasteiger partial charge on any atom is 0.310 e. The molecule has 1 aromatic carbocycles. The molecule has 0 aliphatic carbocycles. The van der Waals surface area contributed by atoms with Crippen LogP contribution >= 0.6 is 0 Å². The predicted octanol–water partition coefficient (Wildman–Crippen LogP) is 2.02. The Labute approximate surface area is 100 Å². The van der Waals surface area contributed by atoms with Gasteiger partial charge in [-0.05, 0) is 30.7 Å². The number of halogens is 1. The Morgan fingerprint density at radius 2 is 2.06 bits per heavy atom. The van der Waals surface area contributed by atoms with E-state index in [9.17, 15) is 4.39 Å². The minimum absolute atomic E-state index is 0.185. The summed E-state index contributed by atoms with van der Waals surface area (Å²) in [5, 5.41) is 7.40. The van der Waals surface area contributed by atoms with Crippen LogP contribution in [0.25, 0.3) is 0 Å². The Kier molecular flexibility index (Phi) is 4.20. The molecule has 4 nitrogen and oxygen atoms in total. The molecule has 0 spiro atoms. The van der Waals surface area contributed by atoms with E-state index in [4.69, 9.17) is 10.1 Å². The fraction of sp³-hybridized carbons (Fsp3) is 0.333. The van der Waals surface area contributed by atoms with Gasteiger partial charge in [-0.25, -0.2) is 9.80 Å². The summed E-state index contributed by atoms with van der Waals surface area (Å²) < 4.78 is 17.9. The van der Waals surface area contributed by atoms with Gasteiger partial charge in [-0.15, -0.1) is 0 Å². The van der Waals surface area contributed by atoms with Gasteiger partial charge < -0.3 is 9.64 Å². The normalized spacial score (nSPS) is 11.2. The zero-order valence-corrected chi connectivity index (χ0v) is 10.4. The van der Waals surface area contributed by atoms with Gasteiger partial charge in [0.15, 0.2) is 0 Å². The number of benzene rings is 1. The lowest BCUT2D eigenvalue weighted by Gasteiger charge is -2.16. The lowest BCUT2D eigenvalue weighted by molar-refractivity contribution is 0.392. The lowest BCUT2D eigenvalue weighted by atomic mass is 10.1. The van der Waals surface area contributed by atoms with Crippen molar-refractivity contribution in [3.8, 4) is 0 Å². The number of nitrogens with one attached hydrogen (secondary N) is 1. The SMILES string of the molecule is COC(=N)/N=C(/c1ccc(F)c(C)c1)N(C)C. The quantitative estimate of drug-likeness (QED) is 0.600. The minimum Gasteiger partial charge on any atom is -0.467 e. The first kappa shape index (κ1) is 13.2. The number of ether oxygens (including phenoxy) is 1. The van der Waals surface area contributed by atoms with Gasteiger partial charge in [0.25, 0.3) is 0 Å². The first-order valence-corrected chi connectivity index (χ1v) is 5.10. The summed E-state index contributed by atoms with van der Waals surface area (Å²) in [6, 6.07) is 4.53. The van der Waals surface area contributed by atoms with Crippen molar-refractivity contribution in [3.63, 3.8) is 0 Å². The standard InChI is InChI=1S/C12H16FN3O/c1-8-7-9(5-6-10(8)13)11(16(2)3)15-12(14)17-4/h5-7,14H,1-4H3/b14-12?,15-11-. The smallest absolute Gasteiger partial charge is 0.310 e. The lowest BCUT2D eigenvalue weighted by Crippen LogP contribution is -2.24. The van der Waals surface area contributed by atoms with Crippen LogP contribution in [0.4, 0.5) is 4.39 Å². The summed E-state index contributed by atoms with van der Waals surface area (Å²) in [4.78, 5) is 5.77. The molecular weight excluding hydrogens is 221 g/mol. The molecule has 0 aliphatic heterocycles. The Bertz CT molecular complexity index is 455. The van der Waals surface area contributed by atoms with Gasteiger partial charge in [0.2, 0.25) is 0 Å². The molecular formula is C12H16FN3O. The number of aliphatic imine (C=N–C) groups is 1. The second-order valence-corrected chi connectivity index (χ2v) is 3.80. The van der Waals surface area contributed by atoms with E-state index in [1.807, 2.05) is 0 Å². The summed E-state index contributed by atoms with van der Waals surface area (Å²) in [5.41, 5.74) is 1.29. The van der Waals surface area contributed by atoms with Crippen molar-refractivity contribution >= 4 is 11.9 Å². The molecule has 1 N–H and O–H groups in total. The highest BCUT2D eigenvalue weighted by molar-refractivity contribution is 6.04. The summed E-state index contributed by atoms with van der Waals surface area (Å²) >= 11 is 0. The molecule has 0 bridgehead atoms. The highest BCUT2D eigenvalue weighted by Crippen LogP contribution is 2.11. The average Bonchev–Trinajstić information content (AvgIpc) is 2.29. The van der Waals surface area contributed by atoms with Gasteiger partial charge >= 0.3 is 6.02 Å². The zero-order valence-electron chi connectivity index (χ0n) is 10.4. The highest BCUT2D eigenvalue weighted by atomic mass is 19.1. The molecule has 0 saturated carbocycles. The summed E-state index contributed by atoms with van der Waals surface area (Å²) in [6.45, 7) is 1.69. The molecule has 0 saturated heterocycles. The minimum atomic E-state index is -0.256. The second kappa shape index (κ2) is 5.43. The molecule has 1 aromatic rings. The largest absolute Gasteiger partial charge is 0.467 e. The molecule has 1 rings (SSSR count). The van der Waals surface area contributed by atoms with Gasteiger partial charge in [-0.1, -0.05) is 0 Å². The summed E-state index contributed by atoms with van der Waals surface area (Å²) in [5.74, 6) is 0.300. The number of rotatable bonds is 1. The molecule has 0 heterocycles. The number of nitrogens with zero attached hydrogens (tertiary/aromatic N) is 2.